The lowest BCUT2D eigenvalue weighted by atomic mass is 9.98. The van der Waals surface area contributed by atoms with Crippen molar-refractivity contribution in [3.63, 3.8) is 0 Å². The van der Waals surface area contributed by atoms with E-state index in [1.165, 1.54) is 0 Å². The van der Waals surface area contributed by atoms with Crippen molar-refractivity contribution in [2.75, 3.05) is 26.7 Å². The number of amides is 2. The number of rotatable bonds is 4. The maximum atomic E-state index is 12.7. The molecule has 2 fully saturated rings. The molecule has 1 N–H and O–H groups in total. The third-order valence-corrected chi connectivity index (χ3v) is 4.97. The monoisotopic (exact) mass is 346 g/mol. The number of hydrogen-bond acceptors (Lipinski definition) is 4. The highest BCUT2D eigenvalue weighted by Crippen LogP contribution is 2.32. The summed E-state index contributed by atoms with van der Waals surface area (Å²) in [5.41, 5.74) is 0.503. The molecule has 0 bridgehead atoms. The Balaban J connectivity index is 1.61. The number of likely N-dealkylation sites (tertiary alicyclic amines) is 1. The van der Waals surface area contributed by atoms with Crippen LogP contribution in [0, 0.1) is 0 Å². The SMILES string of the molecule is CN1C[C@@]2(CCN(C(=O)c3ccc(CCC(C)(C)O)cc3)C2)OC1=O. The van der Waals surface area contributed by atoms with Crippen LogP contribution >= 0.6 is 0 Å². The number of carbonyl (C=O) groups is 2. The second-order valence-corrected chi connectivity index (χ2v) is 7.89. The van der Waals surface area contributed by atoms with Crippen molar-refractivity contribution in [3.05, 3.63) is 35.4 Å². The van der Waals surface area contributed by atoms with E-state index in [0.29, 0.717) is 38.0 Å². The van der Waals surface area contributed by atoms with E-state index in [1.807, 2.05) is 24.3 Å². The maximum absolute atomic E-state index is 12.7. The fraction of sp³-hybridized carbons (Fsp3) is 0.579. The molecule has 25 heavy (non-hydrogen) atoms. The van der Waals surface area contributed by atoms with Crippen molar-refractivity contribution in [2.24, 2.45) is 0 Å². The zero-order chi connectivity index (χ0) is 18.2. The Morgan fingerprint density at radius 2 is 1.96 bits per heavy atom. The molecule has 1 spiro atoms. The first kappa shape index (κ1) is 17.7. The Kier molecular flexibility index (Phi) is 4.49. The third kappa shape index (κ3) is 3.95. The molecule has 1 aromatic rings. The highest BCUT2D eigenvalue weighted by molar-refractivity contribution is 5.94. The summed E-state index contributed by atoms with van der Waals surface area (Å²) in [6, 6.07) is 7.54. The minimum absolute atomic E-state index is 0.0310. The number of benzene rings is 1. The van der Waals surface area contributed by atoms with Crippen molar-refractivity contribution in [2.45, 2.75) is 44.3 Å². The smallest absolute Gasteiger partial charge is 0.410 e. The van der Waals surface area contributed by atoms with E-state index in [1.54, 1.807) is 30.7 Å². The van der Waals surface area contributed by atoms with Gasteiger partial charge in [-0.3, -0.25) is 4.79 Å². The Labute approximate surface area is 148 Å². The van der Waals surface area contributed by atoms with Crippen LogP contribution in [0.15, 0.2) is 24.3 Å². The molecule has 0 aromatic heterocycles. The van der Waals surface area contributed by atoms with Crippen molar-refractivity contribution in [1.82, 2.24) is 9.80 Å². The summed E-state index contributed by atoms with van der Waals surface area (Å²) in [5.74, 6) is -0.0310. The zero-order valence-corrected chi connectivity index (χ0v) is 15.1. The van der Waals surface area contributed by atoms with E-state index in [4.69, 9.17) is 4.74 Å². The number of carbonyl (C=O) groups excluding carboxylic acids is 2. The van der Waals surface area contributed by atoms with Crippen molar-refractivity contribution in [1.29, 1.82) is 0 Å². The van der Waals surface area contributed by atoms with Gasteiger partial charge in [-0.15, -0.1) is 0 Å². The van der Waals surface area contributed by atoms with E-state index in [-0.39, 0.29) is 12.0 Å². The summed E-state index contributed by atoms with van der Waals surface area (Å²) in [6.07, 6.45) is 1.81. The summed E-state index contributed by atoms with van der Waals surface area (Å²) in [6.45, 7) is 5.16. The fourth-order valence-electron chi connectivity index (χ4n) is 3.47. The summed E-state index contributed by atoms with van der Waals surface area (Å²) in [4.78, 5) is 27.7. The summed E-state index contributed by atoms with van der Waals surface area (Å²) < 4.78 is 5.49. The minimum Gasteiger partial charge on any atom is -0.439 e. The first-order valence-electron chi connectivity index (χ1n) is 8.72. The number of hydrogen-bond donors (Lipinski definition) is 1. The minimum atomic E-state index is -0.690. The summed E-state index contributed by atoms with van der Waals surface area (Å²) in [5, 5.41) is 9.80. The molecule has 0 radical (unpaired) electrons. The van der Waals surface area contributed by atoms with Crippen LogP contribution in [0.5, 0.6) is 0 Å². The summed E-state index contributed by atoms with van der Waals surface area (Å²) >= 11 is 0. The van der Waals surface area contributed by atoms with Gasteiger partial charge in [0.1, 0.15) is 0 Å². The van der Waals surface area contributed by atoms with Crippen LogP contribution in [0.4, 0.5) is 4.79 Å². The highest BCUT2D eigenvalue weighted by atomic mass is 16.6. The van der Waals surface area contributed by atoms with E-state index in [9.17, 15) is 14.7 Å². The lowest BCUT2D eigenvalue weighted by molar-refractivity contribution is 0.0553. The first-order valence-corrected chi connectivity index (χ1v) is 8.72. The Bertz CT molecular complexity index is 665. The van der Waals surface area contributed by atoms with Gasteiger partial charge in [0.05, 0.1) is 18.7 Å². The van der Waals surface area contributed by atoms with Crippen LogP contribution in [0.1, 0.15) is 42.6 Å². The van der Waals surface area contributed by atoms with Crippen LogP contribution in [-0.2, 0) is 11.2 Å². The number of ether oxygens (including phenoxy) is 1. The molecule has 6 nitrogen and oxygen atoms in total. The lowest BCUT2D eigenvalue weighted by Gasteiger charge is -2.22. The molecule has 0 unspecified atom stereocenters. The molecule has 6 heteroatoms. The van der Waals surface area contributed by atoms with Gasteiger partial charge in [-0.2, -0.15) is 0 Å². The number of nitrogens with zero attached hydrogens (tertiary/aromatic N) is 2. The van der Waals surface area contributed by atoms with Gasteiger partial charge in [0, 0.05) is 25.6 Å². The van der Waals surface area contributed by atoms with E-state index < -0.39 is 11.2 Å². The quantitative estimate of drug-likeness (QED) is 0.906. The van der Waals surface area contributed by atoms with Gasteiger partial charge in [-0.1, -0.05) is 12.1 Å². The molecule has 2 aliphatic rings. The van der Waals surface area contributed by atoms with E-state index in [2.05, 4.69) is 0 Å². The highest BCUT2D eigenvalue weighted by Gasteiger charge is 2.49. The molecular weight excluding hydrogens is 320 g/mol. The molecule has 3 rings (SSSR count). The molecule has 2 heterocycles. The number of aliphatic hydroxyl groups is 1. The van der Waals surface area contributed by atoms with Gasteiger partial charge >= 0.3 is 6.09 Å². The zero-order valence-electron chi connectivity index (χ0n) is 15.1. The molecule has 2 aliphatic heterocycles. The third-order valence-electron chi connectivity index (χ3n) is 4.97. The van der Waals surface area contributed by atoms with Gasteiger partial charge in [-0.25, -0.2) is 4.79 Å². The standard InChI is InChI=1S/C19H26N2O4/c1-18(2,24)9-8-14-4-6-15(7-5-14)16(22)21-11-10-19(13-21)12-20(3)17(23)25-19/h4-7,24H,8-13H2,1-3H3/t19-/m1/s1. The van der Waals surface area contributed by atoms with Crippen LogP contribution < -0.4 is 0 Å². The van der Waals surface area contributed by atoms with Crippen LogP contribution in [-0.4, -0.2) is 64.8 Å². The second kappa shape index (κ2) is 6.33. The van der Waals surface area contributed by atoms with Crippen LogP contribution in [0.25, 0.3) is 0 Å². The number of aryl methyl sites for hydroxylation is 1. The molecule has 0 aliphatic carbocycles. The topological polar surface area (TPSA) is 70.1 Å². The second-order valence-electron chi connectivity index (χ2n) is 7.89. The fourth-order valence-corrected chi connectivity index (χ4v) is 3.47. The number of likely N-dealkylation sites (N-methyl/N-ethyl adjacent to an activating group) is 1. The predicted octanol–water partition coefficient (Wildman–Crippen LogP) is 2.06. The normalized spacial score (nSPS) is 23.4. The Morgan fingerprint density at radius 3 is 2.52 bits per heavy atom. The molecule has 2 amide bonds. The van der Waals surface area contributed by atoms with Crippen molar-refractivity contribution in [3.8, 4) is 0 Å². The van der Waals surface area contributed by atoms with Crippen molar-refractivity contribution < 1.29 is 19.4 Å². The van der Waals surface area contributed by atoms with Gasteiger partial charge in [-0.05, 0) is 44.4 Å². The molecule has 2 saturated heterocycles. The summed E-state index contributed by atoms with van der Waals surface area (Å²) in [7, 11) is 1.72. The Morgan fingerprint density at radius 1 is 1.28 bits per heavy atom. The van der Waals surface area contributed by atoms with Gasteiger partial charge in [0.15, 0.2) is 5.60 Å². The van der Waals surface area contributed by atoms with E-state index in [0.717, 1.165) is 12.0 Å². The predicted molar refractivity (Wildman–Crippen MR) is 93.4 cm³/mol. The van der Waals surface area contributed by atoms with Gasteiger partial charge in [0.2, 0.25) is 0 Å². The van der Waals surface area contributed by atoms with E-state index >= 15 is 0 Å². The van der Waals surface area contributed by atoms with Crippen molar-refractivity contribution >= 4 is 12.0 Å². The van der Waals surface area contributed by atoms with Crippen LogP contribution in [0.2, 0.25) is 0 Å². The lowest BCUT2D eigenvalue weighted by Crippen LogP contribution is -2.39. The average molecular weight is 346 g/mol. The van der Waals surface area contributed by atoms with Crippen LogP contribution in [0.3, 0.4) is 0 Å². The largest absolute Gasteiger partial charge is 0.439 e. The molecular formula is C19H26N2O4. The molecule has 1 atom stereocenters. The van der Waals surface area contributed by atoms with Gasteiger partial charge < -0.3 is 19.6 Å². The Hall–Kier alpha value is -2.08. The molecule has 136 valence electrons. The maximum Gasteiger partial charge on any atom is 0.410 e. The average Bonchev–Trinajstić information content (AvgIpc) is 3.07. The molecule has 0 saturated carbocycles. The molecule has 1 aromatic carbocycles. The van der Waals surface area contributed by atoms with Gasteiger partial charge in [0.25, 0.3) is 5.91 Å². The first-order chi connectivity index (χ1) is 11.7.